The van der Waals surface area contributed by atoms with Gasteiger partial charge in [0.2, 0.25) is 0 Å². The molecule has 1 fully saturated rings. The van der Waals surface area contributed by atoms with Crippen molar-refractivity contribution in [2.45, 2.75) is 58.8 Å². The zero-order valence-electron chi connectivity index (χ0n) is 19.1. The Morgan fingerprint density at radius 1 is 0.903 bits per heavy atom. The SMILES string of the molecule is CC(C)c1cccc(C(C)C)c1NC(=O)c1ccc(OCC(=O)N2CCCCC2)cc1. The number of carbonyl (C=O) groups excluding carboxylic acids is 2. The van der Waals surface area contributed by atoms with Crippen molar-refractivity contribution >= 4 is 17.5 Å². The average molecular weight is 423 g/mol. The predicted octanol–water partition coefficient (Wildman–Crippen LogP) is 5.58. The largest absolute Gasteiger partial charge is 0.484 e. The van der Waals surface area contributed by atoms with Gasteiger partial charge in [0.05, 0.1) is 0 Å². The molecular formula is C26H34N2O3. The molecule has 1 N–H and O–H groups in total. The molecule has 1 heterocycles. The van der Waals surface area contributed by atoms with Gasteiger partial charge in [-0.3, -0.25) is 9.59 Å². The molecule has 0 radical (unpaired) electrons. The van der Waals surface area contributed by atoms with Gasteiger partial charge >= 0.3 is 0 Å². The summed E-state index contributed by atoms with van der Waals surface area (Å²) in [6, 6.07) is 13.2. The molecule has 0 unspecified atom stereocenters. The highest BCUT2D eigenvalue weighted by Gasteiger charge is 2.18. The monoisotopic (exact) mass is 422 g/mol. The van der Waals surface area contributed by atoms with E-state index >= 15 is 0 Å². The summed E-state index contributed by atoms with van der Waals surface area (Å²) in [5, 5.41) is 3.13. The van der Waals surface area contributed by atoms with Gasteiger partial charge < -0.3 is 15.0 Å². The van der Waals surface area contributed by atoms with Crippen LogP contribution in [0.2, 0.25) is 0 Å². The van der Waals surface area contributed by atoms with Crippen LogP contribution in [0, 0.1) is 0 Å². The maximum atomic E-state index is 12.9. The highest BCUT2D eigenvalue weighted by molar-refractivity contribution is 6.05. The van der Waals surface area contributed by atoms with Crippen LogP contribution in [-0.4, -0.2) is 36.4 Å². The molecule has 2 aromatic rings. The van der Waals surface area contributed by atoms with E-state index in [1.807, 2.05) is 4.90 Å². The predicted molar refractivity (Wildman–Crippen MR) is 125 cm³/mol. The zero-order chi connectivity index (χ0) is 22.4. The van der Waals surface area contributed by atoms with Gasteiger partial charge in [0.1, 0.15) is 5.75 Å². The summed E-state index contributed by atoms with van der Waals surface area (Å²) in [6.07, 6.45) is 3.32. The summed E-state index contributed by atoms with van der Waals surface area (Å²) in [5.41, 5.74) is 3.74. The highest BCUT2D eigenvalue weighted by Crippen LogP contribution is 2.32. The van der Waals surface area contributed by atoms with E-state index in [1.54, 1.807) is 24.3 Å². The number of benzene rings is 2. The molecule has 0 aromatic heterocycles. The summed E-state index contributed by atoms with van der Waals surface area (Å²) in [6.45, 7) is 10.2. The minimum atomic E-state index is -0.147. The van der Waals surface area contributed by atoms with Crippen LogP contribution in [0.1, 0.15) is 80.3 Å². The van der Waals surface area contributed by atoms with Gasteiger partial charge in [0, 0.05) is 24.3 Å². The number of rotatable bonds is 7. The summed E-state index contributed by atoms with van der Waals surface area (Å²) in [7, 11) is 0. The van der Waals surface area contributed by atoms with Crippen molar-refractivity contribution in [3.63, 3.8) is 0 Å². The van der Waals surface area contributed by atoms with Crippen molar-refractivity contribution in [3.8, 4) is 5.75 Å². The molecule has 2 aromatic carbocycles. The Hall–Kier alpha value is -2.82. The number of nitrogens with one attached hydrogen (secondary N) is 1. The first kappa shape index (κ1) is 22.9. The first-order valence-electron chi connectivity index (χ1n) is 11.3. The molecular weight excluding hydrogens is 388 g/mol. The van der Waals surface area contributed by atoms with E-state index in [2.05, 4.69) is 51.2 Å². The van der Waals surface area contributed by atoms with Crippen LogP contribution < -0.4 is 10.1 Å². The van der Waals surface area contributed by atoms with Gasteiger partial charge in [0.15, 0.2) is 6.61 Å². The molecule has 2 amide bonds. The molecule has 1 saturated heterocycles. The Labute approximate surface area is 185 Å². The Bertz CT molecular complexity index is 871. The maximum Gasteiger partial charge on any atom is 0.260 e. The first-order chi connectivity index (χ1) is 14.9. The Morgan fingerprint density at radius 2 is 1.48 bits per heavy atom. The molecule has 0 atom stereocenters. The van der Waals surface area contributed by atoms with Crippen LogP contribution in [0.3, 0.4) is 0 Å². The first-order valence-corrected chi connectivity index (χ1v) is 11.3. The number of carbonyl (C=O) groups is 2. The fraction of sp³-hybridized carbons (Fsp3) is 0.462. The van der Waals surface area contributed by atoms with E-state index in [-0.39, 0.29) is 18.4 Å². The maximum absolute atomic E-state index is 12.9. The fourth-order valence-corrected chi connectivity index (χ4v) is 3.96. The molecule has 3 rings (SSSR count). The molecule has 31 heavy (non-hydrogen) atoms. The average Bonchev–Trinajstić information content (AvgIpc) is 2.78. The number of nitrogens with zero attached hydrogens (tertiary/aromatic N) is 1. The van der Waals surface area contributed by atoms with Crippen LogP contribution in [0.5, 0.6) is 5.75 Å². The number of anilines is 1. The third-order valence-electron chi connectivity index (χ3n) is 5.80. The number of hydrogen-bond donors (Lipinski definition) is 1. The van der Waals surface area contributed by atoms with Crippen LogP contribution in [0.4, 0.5) is 5.69 Å². The number of likely N-dealkylation sites (tertiary alicyclic amines) is 1. The zero-order valence-corrected chi connectivity index (χ0v) is 19.1. The lowest BCUT2D eigenvalue weighted by atomic mass is 9.92. The van der Waals surface area contributed by atoms with Crippen molar-refractivity contribution < 1.29 is 14.3 Å². The molecule has 5 heteroatoms. The van der Waals surface area contributed by atoms with Gasteiger partial charge in [-0.15, -0.1) is 0 Å². The van der Waals surface area contributed by atoms with Crippen molar-refractivity contribution in [1.82, 2.24) is 4.90 Å². The quantitative estimate of drug-likeness (QED) is 0.634. The summed E-state index contributed by atoms with van der Waals surface area (Å²) < 4.78 is 5.65. The minimum Gasteiger partial charge on any atom is -0.484 e. The van der Waals surface area contributed by atoms with Gasteiger partial charge in [0.25, 0.3) is 11.8 Å². The topological polar surface area (TPSA) is 58.6 Å². The lowest BCUT2D eigenvalue weighted by Crippen LogP contribution is -2.38. The third kappa shape index (κ3) is 5.87. The summed E-state index contributed by atoms with van der Waals surface area (Å²) >= 11 is 0. The number of piperidine rings is 1. The van der Waals surface area contributed by atoms with Gasteiger partial charge in [-0.1, -0.05) is 45.9 Å². The van der Waals surface area contributed by atoms with E-state index in [0.717, 1.165) is 42.7 Å². The Morgan fingerprint density at radius 3 is 2.03 bits per heavy atom. The lowest BCUT2D eigenvalue weighted by molar-refractivity contribution is -0.134. The Balaban J connectivity index is 1.65. The van der Waals surface area contributed by atoms with Crippen molar-refractivity contribution in [2.24, 2.45) is 0 Å². The molecule has 0 bridgehead atoms. The molecule has 0 spiro atoms. The number of amides is 2. The van der Waals surface area contributed by atoms with Crippen LogP contribution in [0.15, 0.2) is 42.5 Å². The fourth-order valence-electron chi connectivity index (χ4n) is 3.96. The number of hydrogen-bond acceptors (Lipinski definition) is 3. The van der Waals surface area contributed by atoms with Gasteiger partial charge in [-0.25, -0.2) is 0 Å². The second kappa shape index (κ2) is 10.5. The molecule has 1 aliphatic rings. The molecule has 166 valence electrons. The molecule has 0 aliphatic carbocycles. The minimum absolute atomic E-state index is 0.0213. The van der Waals surface area contributed by atoms with E-state index < -0.39 is 0 Å². The van der Waals surface area contributed by atoms with Crippen molar-refractivity contribution in [1.29, 1.82) is 0 Å². The number of para-hydroxylation sites is 1. The molecule has 5 nitrogen and oxygen atoms in total. The van der Waals surface area contributed by atoms with E-state index in [0.29, 0.717) is 23.1 Å². The van der Waals surface area contributed by atoms with Crippen LogP contribution in [-0.2, 0) is 4.79 Å². The molecule has 0 saturated carbocycles. The van der Waals surface area contributed by atoms with E-state index in [4.69, 9.17) is 4.74 Å². The van der Waals surface area contributed by atoms with Crippen LogP contribution in [0.25, 0.3) is 0 Å². The smallest absolute Gasteiger partial charge is 0.260 e. The second-order valence-corrected chi connectivity index (χ2v) is 8.83. The summed E-state index contributed by atoms with van der Waals surface area (Å²) in [5.74, 6) is 1.08. The van der Waals surface area contributed by atoms with Crippen molar-refractivity contribution in [2.75, 3.05) is 25.0 Å². The third-order valence-corrected chi connectivity index (χ3v) is 5.80. The van der Waals surface area contributed by atoms with Crippen LogP contribution >= 0.6 is 0 Å². The normalized spacial score (nSPS) is 14.1. The molecule has 1 aliphatic heterocycles. The Kier molecular flexibility index (Phi) is 7.72. The number of ether oxygens (including phenoxy) is 1. The lowest BCUT2D eigenvalue weighted by Gasteiger charge is -2.26. The van der Waals surface area contributed by atoms with Gasteiger partial charge in [-0.05, 0) is 66.5 Å². The van der Waals surface area contributed by atoms with E-state index in [1.165, 1.54) is 6.42 Å². The summed E-state index contributed by atoms with van der Waals surface area (Å²) in [4.78, 5) is 27.1. The standard InChI is InChI=1S/C26H34N2O3/c1-18(2)22-9-8-10-23(19(3)4)25(22)27-26(30)20-11-13-21(14-12-20)31-17-24(29)28-15-6-5-7-16-28/h8-14,18-19H,5-7,15-17H2,1-4H3,(H,27,30). The van der Waals surface area contributed by atoms with E-state index in [9.17, 15) is 9.59 Å². The van der Waals surface area contributed by atoms with Crippen molar-refractivity contribution in [3.05, 3.63) is 59.2 Å². The second-order valence-electron chi connectivity index (χ2n) is 8.83. The highest BCUT2D eigenvalue weighted by atomic mass is 16.5. The van der Waals surface area contributed by atoms with Gasteiger partial charge in [-0.2, -0.15) is 0 Å².